The highest BCUT2D eigenvalue weighted by Gasteiger charge is 2.48. The maximum Gasteiger partial charge on any atom is 0.220 e. The predicted molar refractivity (Wildman–Crippen MR) is 181 cm³/mol. The molecule has 0 aliphatic carbocycles. The van der Waals surface area contributed by atoms with Gasteiger partial charge >= 0.3 is 0 Å². The van der Waals surface area contributed by atoms with Gasteiger partial charge in [0.25, 0.3) is 0 Å². The fourth-order valence-electron chi connectivity index (χ4n) is 6.55. The molecule has 12 heteroatoms. The molecule has 1 spiro atoms. The van der Waals surface area contributed by atoms with E-state index >= 15 is 4.39 Å². The Balaban J connectivity index is 1.08. The number of anilines is 2. The minimum Gasteiger partial charge on any atom is -0.481 e. The van der Waals surface area contributed by atoms with Crippen LogP contribution >= 0.6 is 23.2 Å². The second kappa shape index (κ2) is 13.4. The highest BCUT2D eigenvalue weighted by atomic mass is 35.5. The number of benzene rings is 2. The Bertz CT molecular complexity index is 1810. The van der Waals surface area contributed by atoms with E-state index in [1.807, 2.05) is 36.4 Å². The summed E-state index contributed by atoms with van der Waals surface area (Å²) in [6, 6.07) is 16.6. The van der Waals surface area contributed by atoms with Crippen LogP contribution in [0.2, 0.25) is 10.0 Å². The van der Waals surface area contributed by atoms with Crippen molar-refractivity contribution in [2.45, 2.75) is 32.0 Å². The monoisotopic (exact) mass is 676 g/mol. The third-order valence-corrected chi connectivity index (χ3v) is 9.81. The molecule has 3 fully saturated rings. The maximum absolute atomic E-state index is 15.6. The molecule has 47 heavy (non-hydrogen) atoms. The van der Waals surface area contributed by atoms with Crippen molar-refractivity contribution < 1.29 is 18.7 Å². The van der Waals surface area contributed by atoms with Crippen LogP contribution in [-0.4, -0.2) is 66.8 Å². The second-order valence-corrected chi connectivity index (χ2v) is 13.3. The molecule has 9 nitrogen and oxygen atoms in total. The highest BCUT2D eigenvalue weighted by Crippen LogP contribution is 2.42. The summed E-state index contributed by atoms with van der Waals surface area (Å²) in [5.74, 6) is 0.258. The number of carbonyl (C=O) groups is 1. The molecule has 4 aromatic rings. The minimum atomic E-state index is -0.304. The number of hydrogen-bond donors (Lipinski definition) is 3. The van der Waals surface area contributed by atoms with Crippen molar-refractivity contribution in [1.29, 1.82) is 0 Å². The van der Waals surface area contributed by atoms with E-state index in [-0.39, 0.29) is 23.2 Å². The molecule has 3 N–H and O–H groups in total. The zero-order valence-electron chi connectivity index (χ0n) is 25.9. The summed E-state index contributed by atoms with van der Waals surface area (Å²) in [5.41, 5.74) is 5.01. The van der Waals surface area contributed by atoms with Gasteiger partial charge < -0.3 is 25.4 Å². The summed E-state index contributed by atoms with van der Waals surface area (Å²) >= 11 is 13.9. The van der Waals surface area contributed by atoms with Gasteiger partial charge in [0, 0.05) is 79.1 Å². The number of rotatable bonds is 11. The van der Waals surface area contributed by atoms with Crippen LogP contribution in [0.15, 0.2) is 60.8 Å². The van der Waals surface area contributed by atoms with E-state index in [0.717, 1.165) is 38.3 Å². The van der Waals surface area contributed by atoms with Gasteiger partial charge in [-0.15, -0.1) is 0 Å². The normalized spacial score (nSPS) is 18.5. The van der Waals surface area contributed by atoms with Crippen LogP contribution in [0.4, 0.5) is 15.8 Å². The molecule has 0 unspecified atom stereocenters. The van der Waals surface area contributed by atoms with E-state index < -0.39 is 0 Å². The van der Waals surface area contributed by atoms with E-state index in [4.69, 9.17) is 37.7 Å². The number of pyridine rings is 2. The van der Waals surface area contributed by atoms with Gasteiger partial charge in [0.05, 0.1) is 53.1 Å². The van der Waals surface area contributed by atoms with Crippen molar-refractivity contribution in [3.8, 4) is 28.4 Å². The third kappa shape index (κ3) is 6.53. The SMILES string of the molecule is COc1nc(-c2ccnc(-c3cccc(Nc4cccc(CN5CC6(COC6)C5)c4F)c3Cl)c2Cl)ccc1CNC[C@H]1CCC(=O)N1. The van der Waals surface area contributed by atoms with Gasteiger partial charge in [0.2, 0.25) is 11.8 Å². The molecule has 3 aliphatic heterocycles. The van der Waals surface area contributed by atoms with Crippen LogP contribution in [0.1, 0.15) is 24.0 Å². The van der Waals surface area contributed by atoms with Crippen molar-refractivity contribution in [2.24, 2.45) is 5.41 Å². The first-order valence-electron chi connectivity index (χ1n) is 15.6. The zero-order valence-corrected chi connectivity index (χ0v) is 27.4. The Labute approximate surface area is 282 Å². The van der Waals surface area contributed by atoms with Crippen LogP contribution in [0.25, 0.3) is 22.5 Å². The summed E-state index contributed by atoms with van der Waals surface area (Å²) in [6.45, 7) is 5.18. The number of hydrogen-bond acceptors (Lipinski definition) is 8. The number of amides is 1. The molecule has 244 valence electrons. The van der Waals surface area contributed by atoms with Crippen molar-refractivity contribution in [1.82, 2.24) is 25.5 Å². The Morgan fingerprint density at radius 3 is 2.60 bits per heavy atom. The number of nitrogens with one attached hydrogen (secondary N) is 3. The molecule has 0 bridgehead atoms. The van der Waals surface area contributed by atoms with Gasteiger partial charge in [0.1, 0.15) is 0 Å². The predicted octanol–water partition coefficient (Wildman–Crippen LogP) is 6.21. The molecule has 1 amide bonds. The molecule has 0 radical (unpaired) electrons. The van der Waals surface area contributed by atoms with E-state index in [2.05, 4.69) is 25.8 Å². The lowest BCUT2D eigenvalue weighted by molar-refractivity contribution is -0.191. The molecule has 5 heterocycles. The fraction of sp³-hybridized carbons (Fsp3) is 0.343. The number of carbonyl (C=O) groups excluding carboxylic acids is 1. The maximum atomic E-state index is 15.6. The number of ether oxygens (including phenoxy) is 2. The average molecular weight is 678 g/mol. The van der Waals surface area contributed by atoms with Gasteiger partial charge in [-0.05, 0) is 30.7 Å². The van der Waals surface area contributed by atoms with E-state index in [0.29, 0.717) is 81.4 Å². The van der Waals surface area contributed by atoms with Gasteiger partial charge in [-0.2, -0.15) is 0 Å². The lowest BCUT2D eigenvalue weighted by Crippen LogP contribution is -2.65. The van der Waals surface area contributed by atoms with Crippen molar-refractivity contribution >= 4 is 40.5 Å². The second-order valence-electron chi connectivity index (χ2n) is 12.5. The molecule has 7 rings (SSSR count). The van der Waals surface area contributed by atoms with Crippen LogP contribution in [0.3, 0.4) is 0 Å². The minimum absolute atomic E-state index is 0.0908. The standard InChI is InChI=1S/C35H35Cl2FN6O3/c1-46-34-21(14-39-15-23-9-11-29(45)41-23)8-10-26(43-34)24-12-13-40-33(31(24)37)25-5-3-6-27(30(25)36)42-28-7-2-4-22(32(28)38)16-44-17-35(18-44)19-47-20-35/h2-8,10,12-13,23,39,42H,9,11,14-20H2,1H3,(H,41,45)/t23-/m1/s1. The average Bonchev–Trinajstić information content (AvgIpc) is 3.45. The van der Waals surface area contributed by atoms with Crippen molar-refractivity contribution in [2.75, 3.05) is 45.3 Å². The number of likely N-dealkylation sites (tertiary alicyclic amines) is 1. The number of halogens is 3. The first-order valence-corrected chi connectivity index (χ1v) is 16.4. The molecule has 2 aromatic carbocycles. The highest BCUT2D eigenvalue weighted by molar-refractivity contribution is 6.39. The van der Waals surface area contributed by atoms with Crippen molar-refractivity contribution in [3.63, 3.8) is 0 Å². The first kappa shape index (κ1) is 31.8. The molecule has 3 aliphatic rings. The fourth-order valence-corrected chi connectivity index (χ4v) is 7.13. The summed E-state index contributed by atoms with van der Waals surface area (Å²) < 4.78 is 26.6. The van der Waals surface area contributed by atoms with E-state index in [9.17, 15) is 4.79 Å². The lowest BCUT2D eigenvalue weighted by Gasteiger charge is -2.55. The quantitative estimate of drug-likeness (QED) is 0.173. The van der Waals surface area contributed by atoms with E-state index in [1.54, 1.807) is 31.5 Å². The Hall–Kier alpha value is -3.80. The number of methoxy groups -OCH3 is 1. The topological polar surface area (TPSA) is 101 Å². The van der Waals surface area contributed by atoms with Gasteiger partial charge in [-0.1, -0.05) is 53.5 Å². The molecular weight excluding hydrogens is 642 g/mol. The van der Waals surface area contributed by atoms with Gasteiger partial charge in [-0.25, -0.2) is 9.37 Å². The molecule has 3 saturated heterocycles. The zero-order chi connectivity index (χ0) is 32.5. The summed E-state index contributed by atoms with van der Waals surface area (Å²) in [7, 11) is 1.58. The largest absolute Gasteiger partial charge is 0.481 e. The molecule has 1 atom stereocenters. The smallest absolute Gasteiger partial charge is 0.220 e. The van der Waals surface area contributed by atoms with Gasteiger partial charge in [-0.3, -0.25) is 14.7 Å². The first-order chi connectivity index (χ1) is 22.8. The van der Waals surface area contributed by atoms with Crippen LogP contribution in [0.5, 0.6) is 5.88 Å². The molecular formula is C35H35Cl2FN6O3. The number of aromatic nitrogens is 2. The molecule has 0 saturated carbocycles. The summed E-state index contributed by atoms with van der Waals surface area (Å²) in [4.78, 5) is 23.0. The number of nitrogens with zero attached hydrogens (tertiary/aromatic N) is 3. The summed E-state index contributed by atoms with van der Waals surface area (Å²) in [5, 5.41) is 10.3. The van der Waals surface area contributed by atoms with Crippen LogP contribution < -0.4 is 20.7 Å². The summed E-state index contributed by atoms with van der Waals surface area (Å²) in [6.07, 6.45) is 3.05. The Kier molecular flexibility index (Phi) is 9.04. The third-order valence-electron chi connectivity index (χ3n) is 9.02. The molecule has 2 aromatic heterocycles. The van der Waals surface area contributed by atoms with Gasteiger partial charge in [0.15, 0.2) is 5.82 Å². The van der Waals surface area contributed by atoms with Crippen molar-refractivity contribution in [3.05, 3.63) is 87.8 Å². The van der Waals surface area contributed by atoms with Crippen LogP contribution in [0, 0.1) is 11.2 Å². The Morgan fingerprint density at radius 1 is 1.04 bits per heavy atom. The Morgan fingerprint density at radius 2 is 1.85 bits per heavy atom. The van der Waals surface area contributed by atoms with E-state index in [1.165, 1.54) is 0 Å². The van der Waals surface area contributed by atoms with Crippen LogP contribution in [-0.2, 0) is 22.6 Å². The lowest BCUT2D eigenvalue weighted by atomic mass is 9.78.